The van der Waals surface area contributed by atoms with Gasteiger partial charge < -0.3 is 4.74 Å². The van der Waals surface area contributed by atoms with Crippen molar-refractivity contribution < 1.29 is 52.7 Å². The van der Waals surface area contributed by atoms with Gasteiger partial charge in [-0.3, -0.25) is 47.9 Å². The average molecular weight is 751 g/mol. The number of fused-ring (bicyclic) bond motifs is 2. The monoisotopic (exact) mass is 750 g/mol. The molecule has 268 valence electrons. The van der Waals surface area contributed by atoms with E-state index in [1.165, 1.54) is 59.1 Å². The third kappa shape index (κ3) is 8.06. The van der Waals surface area contributed by atoms with Crippen molar-refractivity contribution in [3.63, 3.8) is 0 Å². The Morgan fingerprint density at radius 3 is 1.23 bits per heavy atom. The van der Waals surface area contributed by atoms with Crippen LogP contribution >= 0.6 is 22.7 Å². The van der Waals surface area contributed by atoms with Crippen LogP contribution < -0.4 is 4.74 Å². The quantitative estimate of drug-likeness (QED) is 0.0775. The van der Waals surface area contributed by atoms with Crippen molar-refractivity contribution in [2.75, 3.05) is 0 Å². The largest absolute Gasteiger partial charge is 0.457 e. The van der Waals surface area contributed by atoms with Gasteiger partial charge in [0.1, 0.15) is 34.9 Å². The molecule has 2 atom stereocenters. The smallest absolute Gasteiger partial charge is 0.182 e. The highest BCUT2D eigenvalue weighted by atomic mass is 32.1. The van der Waals surface area contributed by atoms with Gasteiger partial charge in [-0.25, -0.2) is 0 Å². The Hall–Kier alpha value is -5.66. The van der Waals surface area contributed by atoms with Gasteiger partial charge in [0.2, 0.25) is 0 Å². The summed E-state index contributed by atoms with van der Waals surface area (Å²) < 4.78 is 5.85. The molecule has 6 rings (SSSR count). The molecule has 2 unspecified atom stereocenters. The van der Waals surface area contributed by atoms with Crippen molar-refractivity contribution in [3.05, 3.63) is 103 Å². The molecule has 2 aliphatic carbocycles. The Balaban J connectivity index is 1.03. The fourth-order valence-corrected chi connectivity index (χ4v) is 7.67. The van der Waals surface area contributed by atoms with E-state index in [-0.39, 0.29) is 108 Å². The van der Waals surface area contributed by atoms with Gasteiger partial charge in [0.05, 0.1) is 9.75 Å². The lowest BCUT2D eigenvalue weighted by Gasteiger charge is -2.08. The van der Waals surface area contributed by atoms with Crippen LogP contribution in [-0.2, 0) is 19.2 Å². The molecule has 13 heteroatoms. The average Bonchev–Trinajstić information content (AvgIpc) is 3.96. The van der Waals surface area contributed by atoms with Gasteiger partial charge in [-0.05, 0) is 59.3 Å². The summed E-state index contributed by atoms with van der Waals surface area (Å²) in [6, 6.07) is 14.9. The van der Waals surface area contributed by atoms with E-state index in [1.807, 2.05) is 0 Å². The molecule has 2 heterocycles. The first-order valence-corrected chi connectivity index (χ1v) is 18.5. The predicted octanol–water partition coefficient (Wildman–Crippen LogP) is 6.76. The second-order valence-electron chi connectivity index (χ2n) is 12.7. The Labute approximate surface area is 310 Å². The summed E-state index contributed by atoms with van der Waals surface area (Å²) in [5, 5.41) is 3.51. The summed E-state index contributed by atoms with van der Waals surface area (Å²) in [6.07, 6.45) is -1.19. The molecule has 0 saturated carbocycles. The van der Waals surface area contributed by atoms with E-state index < -0.39 is 46.5 Å². The molecule has 53 heavy (non-hydrogen) atoms. The lowest BCUT2D eigenvalue weighted by molar-refractivity contribution is -0.125. The summed E-state index contributed by atoms with van der Waals surface area (Å²) in [5.41, 5.74) is -0.0288. The summed E-state index contributed by atoms with van der Waals surface area (Å²) in [7, 11) is 0. The minimum atomic E-state index is -1.59. The van der Waals surface area contributed by atoms with Crippen LogP contribution in [0.1, 0.15) is 112 Å². The van der Waals surface area contributed by atoms with E-state index in [0.717, 1.165) is 0 Å². The van der Waals surface area contributed by atoms with Gasteiger partial charge in [0, 0.05) is 73.6 Å². The summed E-state index contributed by atoms with van der Waals surface area (Å²) >= 11 is 2.54. The molecule has 0 spiro atoms. The highest BCUT2D eigenvalue weighted by Crippen LogP contribution is 2.36. The number of carbonyl (C=O) groups excluding carboxylic acids is 10. The third-order valence-electron chi connectivity index (χ3n) is 9.13. The molecule has 0 N–H and O–H groups in total. The van der Waals surface area contributed by atoms with E-state index in [1.54, 1.807) is 35.0 Å². The number of hydrogen-bond donors (Lipinski definition) is 0. The zero-order valence-corrected chi connectivity index (χ0v) is 29.7. The molecule has 2 aromatic heterocycles. The second-order valence-corrected chi connectivity index (χ2v) is 14.5. The molecule has 2 aliphatic rings. The molecule has 11 nitrogen and oxygen atoms in total. The van der Waals surface area contributed by atoms with Crippen LogP contribution in [0.3, 0.4) is 0 Å². The highest BCUT2D eigenvalue weighted by Gasteiger charge is 2.44. The van der Waals surface area contributed by atoms with Gasteiger partial charge in [0.25, 0.3) is 0 Å². The van der Waals surface area contributed by atoms with Crippen LogP contribution in [0.4, 0.5) is 0 Å². The number of ether oxygens (including phenoxy) is 1. The first-order valence-electron chi connectivity index (χ1n) is 16.8. The van der Waals surface area contributed by atoms with E-state index in [2.05, 4.69) is 0 Å². The summed E-state index contributed by atoms with van der Waals surface area (Å²) in [6.45, 7) is 0. The van der Waals surface area contributed by atoms with Crippen LogP contribution in [0.5, 0.6) is 11.5 Å². The molecule has 4 aromatic rings. The topological polar surface area (TPSA) is 180 Å². The van der Waals surface area contributed by atoms with Gasteiger partial charge >= 0.3 is 0 Å². The van der Waals surface area contributed by atoms with Crippen LogP contribution in [-0.4, -0.2) is 57.8 Å². The molecule has 2 aromatic carbocycles. The van der Waals surface area contributed by atoms with E-state index >= 15 is 0 Å². The predicted molar refractivity (Wildman–Crippen MR) is 192 cm³/mol. The highest BCUT2D eigenvalue weighted by molar-refractivity contribution is 7.12. The zero-order valence-electron chi connectivity index (χ0n) is 28.0. The number of thiophene rings is 2. The lowest BCUT2D eigenvalue weighted by Crippen LogP contribution is -2.26. The minimum absolute atomic E-state index is 0.000542. The molecule has 0 saturated heterocycles. The third-order valence-corrected chi connectivity index (χ3v) is 10.9. The maximum Gasteiger partial charge on any atom is 0.182 e. The van der Waals surface area contributed by atoms with E-state index in [4.69, 9.17) is 4.74 Å². The van der Waals surface area contributed by atoms with Gasteiger partial charge in [-0.15, -0.1) is 22.7 Å². The van der Waals surface area contributed by atoms with Gasteiger partial charge in [0.15, 0.2) is 46.3 Å². The SMILES string of the molecule is O=C(CCC(=O)c1cccs1)CCC(=O)C1C(=O)c2ccc(Oc3ccc4c(c3)C(=O)C(C(=O)CCC(=O)CCC(=O)c3cccs3)C4=O)cc2C1=O. The maximum absolute atomic E-state index is 13.2. The number of rotatable bonds is 18. The normalized spacial score (nSPS) is 16.0. The number of hydrogen-bond acceptors (Lipinski definition) is 13. The molecular formula is C40H30O11S2. The van der Waals surface area contributed by atoms with Crippen molar-refractivity contribution >= 4 is 80.5 Å². The first kappa shape index (κ1) is 37.1. The van der Waals surface area contributed by atoms with Crippen molar-refractivity contribution in [2.45, 2.75) is 51.4 Å². The fourth-order valence-electron chi connectivity index (χ4n) is 6.28. The van der Waals surface area contributed by atoms with Crippen molar-refractivity contribution in [1.29, 1.82) is 0 Å². The summed E-state index contributed by atoms with van der Waals surface area (Å²) in [5.74, 6) is -8.23. The van der Waals surface area contributed by atoms with Crippen LogP contribution in [0.15, 0.2) is 71.4 Å². The van der Waals surface area contributed by atoms with E-state index in [0.29, 0.717) is 9.75 Å². The second kappa shape index (κ2) is 15.9. The van der Waals surface area contributed by atoms with Crippen molar-refractivity contribution in [1.82, 2.24) is 0 Å². The molecule has 0 amide bonds. The zero-order chi connectivity index (χ0) is 37.8. The molecule has 0 fully saturated rings. The van der Waals surface area contributed by atoms with Crippen LogP contribution in [0.25, 0.3) is 0 Å². The first-order chi connectivity index (χ1) is 25.4. The molecule has 0 bridgehead atoms. The maximum atomic E-state index is 13.2. The van der Waals surface area contributed by atoms with Crippen LogP contribution in [0.2, 0.25) is 0 Å². The number of Topliss-reactive ketones (excluding diaryl/α,β-unsaturated/α-hetero) is 10. The lowest BCUT2D eigenvalue weighted by atomic mass is 9.94. The fraction of sp³-hybridized carbons (Fsp3) is 0.250. The number of benzene rings is 2. The van der Waals surface area contributed by atoms with Gasteiger partial charge in [-0.2, -0.15) is 0 Å². The molecular weight excluding hydrogens is 721 g/mol. The Kier molecular flexibility index (Phi) is 11.2. The minimum Gasteiger partial charge on any atom is -0.457 e. The Bertz CT molecular complexity index is 2050. The number of ketones is 10. The molecule has 0 aliphatic heterocycles. The van der Waals surface area contributed by atoms with Gasteiger partial charge in [-0.1, -0.05) is 12.1 Å². The standard InChI is InChI=1S/C40H30O11S2/c41-21(5-13-29(43)33-3-1-17-52-33)7-15-31(45)35-37(47)25-11-9-23(19-27(25)39(35)49)51-24-10-12-26-28(20-24)40(50)36(38(26)48)32(46)16-8-22(42)6-14-30(44)34-4-2-18-53-34/h1-4,9-12,17-20,35-36H,5-8,13-16H2. The summed E-state index contributed by atoms with van der Waals surface area (Å²) in [4.78, 5) is 128. The number of carbonyl (C=O) groups is 10. The van der Waals surface area contributed by atoms with Crippen LogP contribution in [0, 0.1) is 11.8 Å². The van der Waals surface area contributed by atoms with Crippen molar-refractivity contribution in [2.24, 2.45) is 11.8 Å². The molecule has 0 radical (unpaired) electrons. The Morgan fingerprint density at radius 2 is 0.849 bits per heavy atom. The van der Waals surface area contributed by atoms with E-state index in [9.17, 15) is 47.9 Å². The Morgan fingerprint density at radius 1 is 0.472 bits per heavy atom. The van der Waals surface area contributed by atoms with Crippen molar-refractivity contribution in [3.8, 4) is 11.5 Å².